The molecule has 2 aromatic carbocycles. The Morgan fingerprint density at radius 3 is 2.29 bits per heavy atom. The van der Waals surface area contributed by atoms with E-state index in [2.05, 4.69) is 10.6 Å². The number of anilines is 1. The highest BCUT2D eigenvalue weighted by atomic mass is 32.2. The number of amides is 2. The summed E-state index contributed by atoms with van der Waals surface area (Å²) in [5.74, 6) is 0. The number of rotatable bonds is 5. The zero-order chi connectivity index (χ0) is 17.7. The Morgan fingerprint density at radius 1 is 1.04 bits per heavy atom. The third-order valence-corrected chi connectivity index (χ3v) is 5.40. The van der Waals surface area contributed by atoms with Crippen molar-refractivity contribution >= 4 is 21.7 Å². The van der Waals surface area contributed by atoms with Crippen molar-refractivity contribution in [3.8, 4) is 0 Å². The van der Waals surface area contributed by atoms with E-state index in [0.717, 1.165) is 9.87 Å². The van der Waals surface area contributed by atoms with Gasteiger partial charge in [-0.2, -0.15) is 0 Å². The molecule has 128 valence electrons. The van der Waals surface area contributed by atoms with Crippen LogP contribution in [-0.2, 0) is 16.6 Å². The van der Waals surface area contributed by atoms with Crippen LogP contribution in [0.4, 0.5) is 10.5 Å². The predicted octanol–water partition coefficient (Wildman–Crippen LogP) is 2.57. The summed E-state index contributed by atoms with van der Waals surface area (Å²) in [6.45, 7) is 2.08. The molecule has 0 heterocycles. The molecule has 0 radical (unpaired) electrons. The highest BCUT2D eigenvalue weighted by molar-refractivity contribution is 7.89. The van der Waals surface area contributed by atoms with E-state index >= 15 is 0 Å². The van der Waals surface area contributed by atoms with E-state index in [1.54, 1.807) is 30.3 Å². The second-order valence-electron chi connectivity index (χ2n) is 5.57. The maximum atomic E-state index is 12.3. The molecule has 2 aromatic rings. The maximum Gasteiger partial charge on any atom is 0.319 e. The highest BCUT2D eigenvalue weighted by Crippen LogP contribution is 2.18. The van der Waals surface area contributed by atoms with Gasteiger partial charge in [-0.1, -0.05) is 35.9 Å². The Bertz CT molecular complexity index is 815. The first-order valence-corrected chi connectivity index (χ1v) is 8.86. The van der Waals surface area contributed by atoms with Crippen molar-refractivity contribution in [3.05, 3.63) is 59.7 Å². The molecule has 0 aliphatic carbocycles. The van der Waals surface area contributed by atoms with E-state index in [1.807, 2.05) is 19.1 Å². The predicted molar refractivity (Wildman–Crippen MR) is 94.4 cm³/mol. The zero-order valence-electron chi connectivity index (χ0n) is 13.9. The van der Waals surface area contributed by atoms with Crippen molar-refractivity contribution in [1.82, 2.24) is 9.62 Å². The molecule has 2 amide bonds. The molecule has 2 N–H and O–H groups in total. The molecule has 0 saturated carbocycles. The quantitative estimate of drug-likeness (QED) is 0.872. The number of nitrogens with zero attached hydrogens (tertiary/aromatic N) is 1. The standard InChI is InChI=1S/C17H21N3O3S/c1-13-8-10-15(11-9-13)19-17(21)18-12-14-6-4-5-7-16(14)24(22,23)20(2)3/h4-11H,12H2,1-3H3,(H2,18,19,21). The summed E-state index contributed by atoms with van der Waals surface area (Å²) >= 11 is 0. The van der Waals surface area contributed by atoms with Gasteiger partial charge in [0.25, 0.3) is 0 Å². The second-order valence-corrected chi connectivity index (χ2v) is 7.69. The van der Waals surface area contributed by atoms with Crippen LogP contribution in [0.5, 0.6) is 0 Å². The van der Waals surface area contributed by atoms with Crippen molar-refractivity contribution in [2.45, 2.75) is 18.4 Å². The number of nitrogens with one attached hydrogen (secondary N) is 2. The first-order valence-electron chi connectivity index (χ1n) is 7.42. The van der Waals surface area contributed by atoms with Crippen LogP contribution >= 0.6 is 0 Å². The number of aryl methyl sites for hydroxylation is 1. The van der Waals surface area contributed by atoms with Gasteiger partial charge in [-0.05, 0) is 30.7 Å². The number of sulfonamides is 1. The van der Waals surface area contributed by atoms with Crippen LogP contribution in [-0.4, -0.2) is 32.8 Å². The lowest BCUT2D eigenvalue weighted by Gasteiger charge is -2.15. The zero-order valence-corrected chi connectivity index (χ0v) is 14.7. The molecule has 6 nitrogen and oxygen atoms in total. The Hall–Kier alpha value is -2.38. The summed E-state index contributed by atoms with van der Waals surface area (Å²) in [4.78, 5) is 12.2. The Morgan fingerprint density at radius 2 is 1.67 bits per heavy atom. The first kappa shape index (κ1) is 18.0. The first-order chi connectivity index (χ1) is 11.3. The lowest BCUT2D eigenvalue weighted by molar-refractivity contribution is 0.251. The van der Waals surface area contributed by atoms with Gasteiger partial charge in [0.1, 0.15) is 0 Å². The van der Waals surface area contributed by atoms with E-state index in [1.165, 1.54) is 20.2 Å². The van der Waals surface area contributed by atoms with Gasteiger partial charge in [0.2, 0.25) is 10.0 Å². The molecule has 24 heavy (non-hydrogen) atoms. The Labute approximate surface area is 142 Å². The van der Waals surface area contributed by atoms with Crippen LogP contribution in [0.3, 0.4) is 0 Å². The molecule has 2 rings (SSSR count). The number of hydrogen-bond donors (Lipinski definition) is 2. The molecule has 0 saturated heterocycles. The molecule has 0 aromatic heterocycles. The van der Waals surface area contributed by atoms with Crippen LogP contribution in [0.25, 0.3) is 0 Å². The van der Waals surface area contributed by atoms with Crippen LogP contribution in [0.15, 0.2) is 53.4 Å². The van der Waals surface area contributed by atoms with E-state index < -0.39 is 16.1 Å². The minimum atomic E-state index is -3.56. The second kappa shape index (κ2) is 7.46. The number of carbonyl (C=O) groups is 1. The fourth-order valence-electron chi connectivity index (χ4n) is 2.09. The molecule has 0 spiro atoms. The van der Waals surface area contributed by atoms with Gasteiger partial charge in [0, 0.05) is 26.3 Å². The summed E-state index contributed by atoms with van der Waals surface area (Å²) < 4.78 is 25.8. The number of carbonyl (C=O) groups excluding carboxylic acids is 1. The largest absolute Gasteiger partial charge is 0.334 e. The lowest BCUT2D eigenvalue weighted by Crippen LogP contribution is -2.30. The molecule has 0 atom stereocenters. The number of benzene rings is 2. The minimum Gasteiger partial charge on any atom is -0.334 e. The molecule has 0 unspecified atom stereocenters. The molecule has 0 aliphatic heterocycles. The third kappa shape index (κ3) is 4.33. The Kier molecular flexibility index (Phi) is 5.58. The van der Waals surface area contributed by atoms with Crippen LogP contribution < -0.4 is 10.6 Å². The maximum absolute atomic E-state index is 12.3. The number of urea groups is 1. The normalized spacial score (nSPS) is 11.3. The fraction of sp³-hybridized carbons (Fsp3) is 0.235. The van der Waals surface area contributed by atoms with Crippen molar-refractivity contribution in [3.63, 3.8) is 0 Å². The monoisotopic (exact) mass is 347 g/mol. The third-order valence-electron chi connectivity index (χ3n) is 3.48. The van der Waals surface area contributed by atoms with Gasteiger partial charge in [-0.3, -0.25) is 0 Å². The average molecular weight is 347 g/mol. The van der Waals surface area contributed by atoms with Gasteiger partial charge in [0.05, 0.1) is 4.90 Å². The summed E-state index contributed by atoms with van der Waals surface area (Å²) in [6.07, 6.45) is 0. The van der Waals surface area contributed by atoms with Crippen LogP contribution in [0.1, 0.15) is 11.1 Å². The average Bonchev–Trinajstić information content (AvgIpc) is 2.55. The molecule has 0 fully saturated rings. The van der Waals surface area contributed by atoms with Crippen molar-refractivity contribution in [2.24, 2.45) is 0 Å². The minimum absolute atomic E-state index is 0.112. The molecule has 0 bridgehead atoms. The van der Waals surface area contributed by atoms with Gasteiger partial charge in [-0.15, -0.1) is 0 Å². The summed E-state index contributed by atoms with van der Waals surface area (Å²) in [7, 11) is -0.606. The van der Waals surface area contributed by atoms with Crippen molar-refractivity contribution in [1.29, 1.82) is 0 Å². The van der Waals surface area contributed by atoms with Gasteiger partial charge in [0.15, 0.2) is 0 Å². The molecular weight excluding hydrogens is 326 g/mol. The molecule has 0 aliphatic rings. The van der Waals surface area contributed by atoms with Crippen LogP contribution in [0.2, 0.25) is 0 Å². The van der Waals surface area contributed by atoms with Crippen molar-refractivity contribution in [2.75, 3.05) is 19.4 Å². The van der Waals surface area contributed by atoms with Gasteiger partial charge >= 0.3 is 6.03 Å². The lowest BCUT2D eigenvalue weighted by atomic mass is 10.2. The van der Waals surface area contributed by atoms with E-state index in [-0.39, 0.29) is 11.4 Å². The summed E-state index contributed by atoms with van der Waals surface area (Å²) in [5.41, 5.74) is 2.31. The fourth-order valence-corrected chi connectivity index (χ4v) is 3.20. The van der Waals surface area contributed by atoms with E-state index in [0.29, 0.717) is 11.3 Å². The summed E-state index contributed by atoms with van der Waals surface area (Å²) in [5, 5.41) is 5.39. The van der Waals surface area contributed by atoms with Crippen LogP contribution in [0, 0.1) is 6.92 Å². The highest BCUT2D eigenvalue weighted by Gasteiger charge is 2.20. The smallest absolute Gasteiger partial charge is 0.319 e. The van der Waals surface area contributed by atoms with Crippen molar-refractivity contribution < 1.29 is 13.2 Å². The van der Waals surface area contributed by atoms with E-state index in [9.17, 15) is 13.2 Å². The molecular formula is C17H21N3O3S. The topological polar surface area (TPSA) is 78.5 Å². The Balaban J connectivity index is 2.07. The summed E-state index contributed by atoms with van der Waals surface area (Å²) in [6, 6.07) is 13.6. The van der Waals surface area contributed by atoms with Gasteiger partial charge < -0.3 is 10.6 Å². The van der Waals surface area contributed by atoms with Gasteiger partial charge in [-0.25, -0.2) is 17.5 Å². The SMILES string of the molecule is Cc1ccc(NC(=O)NCc2ccccc2S(=O)(=O)N(C)C)cc1. The molecule has 7 heteroatoms. The van der Waals surface area contributed by atoms with E-state index in [4.69, 9.17) is 0 Å². The number of hydrogen-bond acceptors (Lipinski definition) is 3.